The van der Waals surface area contributed by atoms with E-state index in [4.69, 9.17) is 5.11 Å². The molecular weight excluding hydrogens is 223 g/mol. The van der Waals surface area contributed by atoms with E-state index in [9.17, 15) is 18.0 Å². The van der Waals surface area contributed by atoms with Crippen LogP contribution in [0.15, 0.2) is 24.4 Å². The van der Waals surface area contributed by atoms with E-state index < -0.39 is 17.8 Å². The molecule has 1 N–H and O–H groups in total. The summed E-state index contributed by atoms with van der Waals surface area (Å²) in [5.74, 6) is -1.10. The molecule has 0 saturated heterocycles. The van der Waals surface area contributed by atoms with Crippen LogP contribution in [0.25, 0.3) is 6.08 Å². The van der Waals surface area contributed by atoms with Crippen molar-refractivity contribution >= 4 is 12.0 Å². The molecule has 1 heterocycles. The number of hydrogen-bond acceptors (Lipinski definition) is 2. The molecule has 0 aliphatic heterocycles. The minimum atomic E-state index is -4.54. The highest BCUT2D eigenvalue weighted by atomic mass is 19.4. The van der Waals surface area contributed by atoms with Gasteiger partial charge in [-0.3, -0.25) is 9.78 Å². The van der Waals surface area contributed by atoms with Crippen molar-refractivity contribution in [2.45, 2.75) is 12.6 Å². The number of carboxylic acids is 1. The van der Waals surface area contributed by atoms with E-state index in [-0.39, 0.29) is 12.0 Å². The highest BCUT2D eigenvalue weighted by Gasteiger charge is 2.34. The third kappa shape index (κ3) is 3.38. The molecule has 0 spiro atoms. The van der Waals surface area contributed by atoms with Crippen molar-refractivity contribution in [2.75, 3.05) is 0 Å². The van der Waals surface area contributed by atoms with Crippen molar-refractivity contribution in [3.63, 3.8) is 0 Å². The van der Waals surface area contributed by atoms with Crippen LogP contribution in [-0.4, -0.2) is 16.1 Å². The fourth-order valence-electron chi connectivity index (χ4n) is 1.08. The van der Waals surface area contributed by atoms with Crippen LogP contribution >= 0.6 is 0 Å². The van der Waals surface area contributed by atoms with Crippen molar-refractivity contribution in [3.05, 3.63) is 35.7 Å². The van der Waals surface area contributed by atoms with Gasteiger partial charge in [0.15, 0.2) is 5.69 Å². The van der Waals surface area contributed by atoms with E-state index in [0.717, 1.165) is 18.3 Å². The van der Waals surface area contributed by atoms with Crippen LogP contribution in [0.5, 0.6) is 0 Å². The Labute approximate surface area is 89.2 Å². The Morgan fingerprint density at radius 3 is 2.75 bits per heavy atom. The maximum atomic E-state index is 12.4. The van der Waals surface area contributed by atoms with Crippen molar-refractivity contribution in [3.8, 4) is 0 Å². The lowest BCUT2D eigenvalue weighted by molar-refractivity contribution is -0.141. The molecule has 16 heavy (non-hydrogen) atoms. The van der Waals surface area contributed by atoms with Gasteiger partial charge in [-0.1, -0.05) is 18.2 Å². The Kier molecular flexibility index (Phi) is 3.65. The van der Waals surface area contributed by atoms with Gasteiger partial charge < -0.3 is 5.11 Å². The van der Waals surface area contributed by atoms with Crippen LogP contribution in [-0.2, 0) is 11.0 Å². The number of halogens is 3. The molecule has 86 valence electrons. The first-order chi connectivity index (χ1) is 7.41. The van der Waals surface area contributed by atoms with Gasteiger partial charge in [0, 0.05) is 11.8 Å². The Hall–Kier alpha value is -1.85. The molecule has 0 aliphatic carbocycles. The maximum absolute atomic E-state index is 12.4. The molecule has 6 heteroatoms. The standard InChI is InChI=1S/C10H8F3NO2/c11-10(12,13)9-7(4-2-6-14-9)3-1-5-8(15)16/h1-4,6H,5H2,(H,15,16). The summed E-state index contributed by atoms with van der Waals surface area (Å²) in [6, 6.07) is 2.59. The summed E-state index contributed by atoms with van der Waals surface area (Å²) in [5, 5.41) is 8.33. The third-order valence-corrected chi connectivity index (χ3v) is 1.70. The fourth-order valence-corrected chi connectivity index (χ4v) is 1.08. The minimum Gasteiger partial charge on any atom is -0.481 e. The van der Waals surface area contributed by atoms with E-state index in [1.165, 1.54) is 12.1 Å². The lowest BCUT2D eigenvalue weighted by atomic mass is 10.1. The van der Waals surface area contributed by atoms with Gasteiger partial charge >= 0.3 is 12.1 Å². The second-order valence-corrected chi connectivity index (χ2v) is 2.94. The third-order valence-electron chi connectivity index (χ3n) is 1.70. The minimum absolute atomic E-state index is 0.142. The summed E-state index contributed by atoms with van der Waals surface area (Å²) in [6.07, 6.45) is -1.58. The summed E-state index contributed by atoms with van der Waals surface area (Å²) in [4.78, 5) is 13.4. The zero-order valence-electron chi connectivity index (χ0n) is 8.03. The normalized spacial score (nSPS) is 11.9. The number of alkyl halides is 3. The zero-order valence-corrected chi connectivity index (χ0v) is 8.03. The van der Waals surface area contributed by atoms with Crippen LogP contribution in [0.3, 0.4) is 0 Å². The zero-order chi connectivity index (χ0) is 12.2. The van der Waals surface area contributed by atoms with Crippen LogP contribution < -0.4 is 0 Å². The first kappa shape index (κ1) is 12.2. The molecule has 0 amide bonds. The second kappa shape index (κ2) is 4.78. The van der Waals surface area contributed by atoms with E-state index >= 15 is 0 Å². The number of carbonyl (C=O) groups is 1. The molecule has 1 aromatic heterocycles. The highest BCUT2D eigenvalue weighted by Crippen LogP contribution is 2.30. The number of carboxylic acid groups (broad SMARTS) is 1. The molecule has 0 aromatic carbocycles. The summed E-state index contributed by atoms with van der Waals surface area (Å²) in [5.41, 5.74) is -1.16. The van der Waals surface area contributed by atoms with Crippen LogP contribution in [0.4, 0.5) is 13.2 Å². The predicted octanol–water partition coefficient (Wildman–Crippen LogP) is 2.59. The Bertz CT molecular complexity index is 413. The molecule has 0 unspecified atom stereocenters. The van der Waals surface area contributed by atoms with Crippen LogP contribution in [0.2, 0.25) is 0 Å². The van der Waals surface area contributed by atoms with Crippen molar-refractivity contribution < 1.29 is 23.1 Å². The lowest BCUT2D eigenvalue weighted by Gasteiger charge is -2.07. The highest BCUT2D eigenvalue weighted by molar-refractivity contribution is 5.70. The largest absolute Gasteiger partial charge is 0.481 e. The molecule has 0 radical (unpaired) electrons. The number of nitrogens with zero attached hydrogens (tertiary/aromatic N) is 1. The van der Waals surface area contributed by atoms with E-state index in [2.05, 4.69) is 4.98 Å². The van der Waals surface area contributed by atoms with Gasteiger partial charge in [0.05, 0.1) is 6.42 Å². The summed E-state index contributed by atoms with van der Waals surface area (Å²) < 4.78 is 37.3. The van der Waals surface area contributed by atoms with Gasteiger partial charge in [0.25, 0.3) is 0 Å². The van der Waals surface area contributed by atoms with Gasteiger partial charge in [-0.05, 0) is 6.07 Å². The van der Waals surface area contributed by atoms with Crippen LogP contribution in [0, 0.1) is 0 Å². The number of aliphatic carboxylic acids is 1. The van der Waals surface area contributed by atoms with Gasteiger partial charge in [-0.2, -0.15) is 13.2 Å². The number of hydrogen-bond donors (Lipinski definition) is 1. The van der Waals surface area contributed by atoms with Gasteiger partial charge in [0.2, 0.25) is 0 Å². The summed E-state index contributed by atoms with van der Waals surface area (Å²) in [6.45, 7) is 0. The topological polar surface area (TPSA) is 50.2 Å². The van der Waals surface area contributed by atoms with Crippen LogP contribution in [0.1, 0.15) is 17.7 Å². The Balaban J connectivity index is 2.96. The lowest BCUT2D eigenvalue weighted by Crippen LogP contribution is -2.09. The molecule has 1 aromatic rings. The predicted molar refractivity (Wildman–Crippen MR) is 50.5 cm³/mol. The molecule has 0 atom stereocenters. The molecule has 1 rings (SSSR count). The molecule has 3 nitrogen and oxygen atoms in total. The number of pyridine rings is 1. The molecule has 0 fully saturated rings. The summed E-state index contributed by atoms with van der Waals surface area (Å²) in [7, 11) is 0. The monoisotopic (exact) mass is 231 g/mol. The summed E-state index contributed by atoms with van der Waals surface area (Å²) >= 11 is 0. The Morgan fingerprint density at radius 1 is 1.50 bits per heavy atom. The second-order valence-electron chi connectivity index (χ2n) is 2.94. The molecule has 0 aliphatic rings. The first-order valence-electron chi connectivity index (χ1n) is 4.32. The number of rotatable bonds is 3. The van der Waals surface area contributed by atoms with E-state index in [0.29, 0.717) is 0 Å². The quantitative estimate of drug-likeness (QED) is 0.869. The smallest absolute Gasteiger partial charge is 0.433 e. The van der Waals surface area contributed by atoms with Crippen molar-refractivity contribution in [1.82, 2.24) is 4.98 Å². The van der Waals surface area contributed by atoms with Gasteiger partial charge in [0.1, 0.15) is 0 Å². The molecular formula is C10H8F3NO2. The van der Waals surface area contributed by atoms with Crippen molar-refractivity contribution in [1.29, 1.82) is 0 Å². The average Bonchev–Trinajstić information content (AvgIpc) is 2.16. The molecule has 0 bridgehead atoms. The average molecular weight is 231 g/mol. The van der Waals surface area contributed by atoms with Crippen molar-refractivity contribution in [2.24, 2.45) is 0 Å². The first-order valence-corrected chi connectivity index (χ1v) is 4.32. The Morgan fingerprint density at radius 2 is 2.19 bits per heavy atom. The van der Waals surface area contributed by atoms with E-state index in [1.54, 1.807) is 0 Å². The maximum Gasteiger partial charge on any atom is 0.433 e. The SMILES string of the molecule is O=C(O)CC=Cc1cccnc1C(F)(F)F. The van der Waals surface area contributed by atoms with Gasteiger partial charge in [-0.25, -0.2) is 0 Å². The number of aromatic nitrogens is 1. The fraction of sp³-hybridized carbons (Fsp3) is 0.200. The molecule has 0 saturated carbocycles. The van der Waals surface area contributed by atoms with E-state index in [1.807, 2.05) is 0 Å². The van der Waals surface area contributed by atoms with Gasteiger partial charge in [-0.15, -0.1) is 0 Å².